The first-order valence-electron chi connectivity index (χ1n) is 10.3. The lowest BCUT2D eigenvalue weighted by Crippen LogP contribution is -2.18. The fraction of sp³-hybridized carbons (Fsp3) is 0.478. The highest BCUT2D eigenvalue weighted by molar-refractivity contribution is 5.91. The van der Waals surface area contributed by atoms with Crippen LogP contribution in [0.3, 0.4) is 0 Å². The van der Waals surface area contributed by atoms with Gasteiger partial charge in [0, 0.05) is 12.6 Å². The van der Waals surface area contributed by atoms with Crippen LogP contribution in [0.15, 0.2) is 36.5 Å². The maximum absolute atomic E-state index is 12.5. The lowest BCUT2D eigenvalue weighted by molar-refractivity contribution is -0.116. The number of carbonyl (C=O) groups is 1. The van der Waals surface area contributed by atoms with E-state index in [1.54, 1.807) is 20.4 Å². The van der Waals surface area contributed by atoms with Gasteiger partial charge in [0.15, 0.2) is 23.1 Å². The van der Waals surface area contributed by atoms with Crippen molar-refractivity contribution in [2.75, 3.05) is 26.1 Å². The van der Waals surface area contributed by atoms with E-state index in [1.165, 1.54) is 32.1 Å². The van der Waals surface area contributed by atoms with E-state index in [2.05, 4.69) is 10.3 Å². The van der Waals surface area contributed by atoms with Crippen molar-refractivity contribution in [3.05, 3.63) is 42.1 Å². The van der Waals surface area contributed by atoms with Gasteiger partial charge in [-0.3, -0.25) is 4.79 Å². The highest BCUT2D eigenvalue weighted by Crippen LogP contribution is 2.29. The third-order valence-electron chi connectivity index (χ3n) is 5.32. The number of nitrogens with zero attached hydrogens (tertiary/aromatic N) is 1. The fourth-order valence-corrected chi connectivity index (χ4v) is 3.65. The molecule has 0 unspecified atom stereocenters. The number of nitrogens with one attached hydrogen (secondary N) is 1. The van der Waals surface area contributed by atoms with Crippen molar-refractivity contribution in [3.8, 4) is 17.2 Å². The fourth-order valence-electron chi connectivity index (χ4n) is 3.65. The zero-order valence-corrected chi connectivity index (χ0v) is 17.3. The predicted molar refractivity (Wildman–Crippen MR) is 113 cm³/mol. The number of amides is 1. The SMILES string of the molecule is COc1ccc(CCC(=O)Nc2ncccc2OCC2CCCCC2)cc1OC. The van der Waals surface area contributed by atoms with Crippen molar-refractivity contribution < 1.29 is 19.0 Å². The van der Waals surface area contributed by atoms with Crippen LogP contribution in [0.2, 0.25) is 0 Å². The van der Waals surface area contributed by atoms with Crippen LogP contribution in [0, 0.1) is 5.92 Å². The Morgan fingerprint density at radius 3 is 2.62 bits per heavy atom. The molecule has 0 aliphatic heterocycles. The van der Waals surface area contributed by atoms with E-state index in [0.29, 0.717) is 48.4 Å². The van der Waals surface area contributed by atoms with Crippen LogP contribution in [-0.2, 0) is 11.2 Å². The number of pyridine rings is 1. The molecule has 29 heavy (non-hydrogen) atoms. The van der Waals surface area contributed by atoms with Gasteiger partial charge in [0.1, 0.15) is 0 Å². The van der Waals surface area contributed by atoms with Crippen molar-refractivity contribution in [2.24, 2.45) is 5.92 Å². The Morgan fingerprint density at radius 2 is 1.86 bits per heavy atom. The van der Waals surface area contributed by atoms with Gasteiger partial charge in [0.25, 0.3) is 0 Å². The van der Waals surface area contributed by atoms with Crippen LogP contribution in [0.4, 0.5) is 5.82 Å². The zero-order valence-electron chi connectivity index (χ0n) is 17.3. The molecule has 2 aromatic rings. The summed E-state index contributed by atoms with van der Waals surface area (Å²) in [4.78, 5) is 16.8. The van der Waals surface area contributed by atoms with Gasteiger partial charge in [0.05, 0.1) is 20.8 Å². The van der Waals surface area contributed by atoms with Crippen LogP contribution < -0.4 is 19.5 Å². The minimum Gasteiger partial charge on any atom is -0.493 e. The van der Waals surface area contributed by atoms with E-state index in [0.717, 1.165) is 5.56 Å². The Kier molecular flexibility index (Phi) is 7.73. The Bertz CT molecular complexity index is 803. The quantitative estimate of drug-likeness (QED) is 0.667. The summed E-state index contributed by atoms with van der Waals surface area (Å²) < 4.78 is 16.6. The van der Waals surface area contributed by atoms with E-state index in [4.69, 9.17) is 14.2 Å². The molecule has 0 radical (unpaired) electrons. The highest BCUT2D eigenvalue weighted by Gasteiger charge is 2.16. The molecule has 1 aliphatic rings. The van der Waals surface area contributed by atoms with E-state index < -0.39 is 0 Å². The molecule has 6 nitrogen and oxygen atoms in total. The first kappa shape index (κ1) is 21.0. The molecule has 1 heterocycles. The minimum absolute atomic E-state index is 0.0963. The summed E-state index contributed by atoms with van der Waals surface area (Å²) in [7, 11) is 3.20. The van der Waals surface area contributed by atoms with Crippen LogP contribution in [0.1, 0.15) is 44.1 Å². The van der Waals surface area contributed by atoms with Crippen LogP contribution >= 0.6 is 0 Å². The largest absolute Gasteiger partial charge is 0.493 e. The number of methoxy groups -OCH3 is 2. The van der Waals surface area contributed by atoms with Crippen LogP contribution in [0.5, 0.6) is 17.2 Å². The van der Waals surface area contributed by atoms with Gasteiger partial charge >= 0.3 is 0 Å². The molecule has 1 fully saturated rings. The molecule has 0 bridgehead atoms. The standard InChI is InChI=1S/C23H30N2O4/c1-27-19-12-10-17(15-21(19)28-2)11-13-22(26)25-23-20(9-6-14-24-23)29-16-18-7-4-3-5-8-18/h6,9-10,12,14-15,18H,3-5,7-8,11,13,16H2,1-2H3,(H,24,25,26). The summed E-state index contributed by atoms with van der Waals surface area (Å²) >= 11 is 0. The number of carbonyl (C=O) groups excluding carboxylic acids is 1. The molecule has 1 amide bonds. The molecule has 1 aliphatic carbocycles. The number of hydrogen-bond acceptors (Lipinski definition) is 5. The van der Waals surface area contributed by atoms with Crippen LogP contribution in [-0.4, -0.2) is 31.7 Å². The molecule has 0 atom stereocenters. The highest BCUT2D eigenvalue weighted by atomic mass is 16.5. The number of aromatic nitrogens is 1. The van der Waals surface area contributed by atoms with E-state index in [-0.39, 0.29) is 5.91 Å². The number of rotatable bonds is 9. The second-order valence-corrected chi connectivity index (χ2v) is 7.40. The molecule has 1 aromatic heterocycles. The number of hydrogen-bond donors (Lipinski definition) is 1. The second-order valence-electron chi connectivity index (χ2n) is 7.40. The molecular formula is C23H30N2O4. The molecule has 0 saturated heterocycles. The maximum Gasteiger partial charge on any atom is 0.225 e. The Balaban J connectivity index is 1.54. The molecule has 6 heteroatoms. The lowest BCUT2D eigenvalue weighted by Gasteiger charge is -2.22. The molecule has 1 N–H and O–H groups in total. The Morgan fingerprint density at radius 1 is 1.07 bits per heavy atom. The van der Waals surface area contributed by atoms with Crippen molar-refractivity contribution in [3.63, 3.8) is 0 Å². The number of ether oxygens (including phenoxy) is 3. The van der Waals surface area contributed by atoms with E-state index in [1.807, 2.05) is 30.3 Å². The van der Waals surface area contributed by atoms with Gasteiger partial charge < -0.3 is 19.5 Å². The van der Waals surface area contributed by atoms with Crippen molar-refractivity contribution >= 4 is 11.7 Å². The van der Waals surface area contributed by atoms with Crippen molar-refractivity contribution in [2.45, 2.75) is 44.9 Å². The number of anilines is 1. The monoisotopic (exact) mass is 398 g/mol. The number of aryl methyl sites for hydroxylation is 1. The molecule has 3 rings (SSSR count). The number of benzene rings is 1. The van der Waals surface area contributed by atoms with Crippen molar-refractivity contribution in [1.82, 2.24) is 4.98 Å². The topological polar surface area (TPSA) is 69.7 Å². The van der Waals surface area contributed by atoms with E-state index in [9.17, 15) is 4.79 Å². The summed E-state index contributed by atoms with van der Waals surface area (Å²) in [6.45, 7) is 0.681. The molecule has 1 aromatic carbocycles. The first-order chi connectivity index (χ1) is 14.2. The van der Waals surface area contributed by atoms with Crippen molar-refractivity contribution in [1.29, 1.82) is 0 Å². The van der Waals surface area contributed by atoms with Gasteiger partial charge in [-0.2, -0.15) is 0 Å². The molecular weight excluding hydrogens is 368 g/mol. The molecule has 156 valence electrons. The molecule has 0 spiro atoms. The van der Waals surface area contributed by atoms with Gasteiger partial charge in [-0.05, 0) is 55.0 Å². The Hall–Kier alpha value is -2.76. The smallest absolute Gasteiger partial charge is 0.225 e. The summed E-state index contributed by atoms with van der Waals surface area (Å²) in [5.74, 6) is 2.96. The third kappa shape index (κ3) is 6.11. The molecule has 1 saturated carbocycles. The Labute approximate surface area is 172 Å². The maximum atomic E-state index is 12.5. The predicted octanol–water partition coefficient (Wildman–Crippen LogP) is 4.63. The van der Waals surface area contributed by atoms with E-state index >= 15 is 0 Å². The van der Waals surface area contributed by atoms with Gasteiger partial charge in [-0.25, -0.2) is 4.98 Å². The normalized spacial score (nSPS) is 14.3. The second kappa shape index (κ2) is 10.7. The summed E-state index contributed by atoms with van der Waals surface area (Å²) in [6, 6.07) is 9.37. The van der Waals surface area contributed by atoms with Gasteiger partial charge in [0.2, 0.25) is 5.91 Å². The summed E-state index contributed by atoms with van der Waals surface area (Å²) in [5.41, 5.74) is 1.01. The lowest BCUT2D eigenvalue weighted by atomic mass is 9.90. The van der Waals surface area contributed by atoms with Gasteiger partial charge in [-0.15, -0.1) is 0 Å². The first-order valence-corrected chi connectivity index (χ1v) is 10.3. The minimum atomic E-state index is -0.0963. The summed E-state index contributed by atoms with van der Waals surface area (Å²) in [6.07, 6.45) is 8.91. The van der Waals surface area contributed by atoms with Gasteiger partial charge in [-0.1, -0.05) is 25.3 Å². The average Bonchev–Trinajstić information content (AvgIpc) is 2.77. The summed E-state index contributed by atoms with van der Waals surface area (Å²) in [5, 5.41) is 2.89. The zero-order chi connectivity index (χ0) is 20.5. The third-order valence-corrected chi connectivity index (χ3v) is 5.32. The van der Waals surface area contributed by atoms with Crippen LogP contribution in [0.25, 0.3) is 0 Å². The average molecular weight is 399 g/mol.